The number of amides is 1. The summed E-state index contributed by atoms with van der Waals surface area (Å²) < 4.78 is 6.82. The third-order valence-corrected chi connectivity index (χ3v) is 8.15. The highest BCUT2D eigenvalue weighted by Gasteiger charge is 2.23. The van der Waals surface area contributed by atoms with E-state index in [1.54, 1.807) is 53.3 Å². The van der Waals surface area contributed by atoms with Crippen molar-refractivity contribution in [2.45, 2.75) is 30.8 Å². The summed E-state index contributed by atoms with van der Waals surface area (Å²) in [6.07, 6.45) is 5.36. The van der Waals surface area contributed by atoms with Gasteiger partial charge in [-0.25, -0.2) is 10.4 Å². The van der Waals surface area contributed by atoms with Gasteiger partial charge in [0.2, 0.25) is 0 Å². The van der Waals surface area contributed by atoms with Crippen molar-refractivity contribution in [3.8, 4) is 22.9 Å². The second-order valence-electron chi connectivity index (χ2n) is 8.45. The molecule has 0 unspecified atom stereocenters. The monoisotopic (exact) mass is 536 g/mol. The van der Waals surface area contributed by atoms with E-state index in [0.29, 0.717) is 32.4 Å². The van der Waals surface area contributed by atoms with Crippen molar-refractivity contribution in [3.63, 3.8) is 0 Å². The van der Waals surface area contributed by atoms with Crippen LogP contribution >= 0.6 is 23.1 Å². The number of aromatic nitrogens is 2. The molecule has 11 heteroatoms. The highest BCUT2D eigenvalue weighted by Crippen LogP contribution is 2.35. The Morgan fingerprint density at radius 3 is 2.73 bits per heavy atom. The molecule has 2 aromatic heterocycles. The number of thiophene rings is 1. The van der Waals surface area contributed by atoms with Crippen molar-refractivity contribution in [1.82, 2.24) is 15.0 Å². The molecule has 190 valence electrons. The van der Waals surface area contributed by atoms with E-state index in [9.17, 15) is 19.8 Å². The zero-order chi connectivity index (χ0) is 25.9. The number of benzene rings is 2. The maximum Gasteiger partial charge on any atom is 0.267 e. The molecule has 0 bridgehead atoms. The molecule has 0 spiro atoms. The van der Waals surface area contributed by atoms with Crippen molar-refractivity contribution >= 4 is 45.4 Å². The van der Waals surface area contributed by atoms with Crippen molar-refractivity contribution in [1.29, 1.82) is 0 Å². The Morgan fingerprint density at radius 2 is 1.97 bits per heavy atom. The van der Waals surface area contributed by atoms with Crippen LogP contribution in [0.4, 0.5) is 0 Å². The van der Waals surface area contributed by atoms with E-state index in [1.165, 1.54) is 23.2 Å². The number of hydrogen-bond acceptors (Lipinski definition) is 9. The Kier molecular flexibility index (Phi) is 7.15. The van der Waals surface area contributed by atoms with Gasteiger partial charge in [-0.05, 0) is 79.3 Å². The van der Waals surface area contributed by atoms with Crippen LogP contribution in [-0.4, -0.2) is 44.7 Å². The number of methoxy groups -OCH3 is 1. The largest absolute Gasteiger partial charge is 0.504 e. The van der Waals surface area contributed by atoms with Gasteiger partial charge in [-0.3, -0.25) is 14.2 Å². The van der Waals surface area contributed by atoms with Crippen molar-refractivity contribution < 1.29 is 19.7 Å². The number of carbonyl (C=O) groups is 1. The summed E-state index contributed by atoms with van der Waals surface area (Å²) in [4.78, 5) is 33.0. The van der Waals surface area contributed by atoms with Gasteiger partial charge in [-0.15, -0.1) is 11.3 Å². The van der Waals surface area contributed by atoms with Crippen LogP contribution in [-0.2, 0) is 17.6 Å². The molecule has 5 rings (SSSR count). The number of phenolic OH excluding ortho intramolecular Hbond substituents is 2. The molecular formula is C26H24N4O5S2. The van der Waals surface area contributed by atoms with Gasteiger partial charge < -0.3 is 14.9 Å². The summed E-state index contributed by atoms with van der Waals surface area (Å²) in [6, 6.07) is 11.4. The molecular weight excluding hydrogens is 512 g/mol. The maximum atomic E-state index is 13.8. The predicted octanol–water partition coefficient (Wildman–Crippen LogP) is 3.99. The number of fused-ring (bicyclic) bond motifs is 3. The first-order valence-electron chi connectivity index (χ1n) is 11.6. The van der Waals surface area contributed by atoms with E-state index in [-0.39, 0.29) is 28.7 Å². The lowest BCUT2D eigenvalue weighted by atomic mass is 9.97. The average molecular weight is 537 g/mol. The highest BCUT2D eigenvalue weighted by molar-refractivity contribution is 7.99. The Bertz CT molecular complexity index is 1560. The fraction of sp³-hybridized carbons (Fsp3) is 0.231. The van der Waals surface area contributed by atoms with Gasteiger partial charge >= 0.3 is 0 Å². The minimum Gasteiger partial charge on any atom is -0.504 e. The van der Waals surface area contributed by atoms with Crippen LogP contribution < -0.4 is 15.7 Å². The number of carbonyl (C=O) groups excluding carboxylic acids is 1. The lowest BCUT2D eigenvalue weighted by molar-refractivity contribution is -0.118. The van der Waals surface area contributed by atoms with Gasteiger partial charge in [0, 0.05) is 4.88 Å². The quantitative estimate of drug-likeness (QED) is 0.107. The molecule has 0 fully saturated rings. The first-order chi connectivity index (χ1) is 17.9. The summed E-state index contributed by atoms with van der Waals surface area (Å²) in [5.74, 6) is -0.245. The molecule has 1 aliphatic rings. The fourth-order valence-electron chi connectivity index (χ4n) is 4.20. The molecule has 2 aromatic carbocycles. The number of aromatic hydroxyl groups is 2. The molecule has 0 radical (unpaired) electrons. The standard InChI is InChI=1S/C26H24N4O5S2/c1-35-17-9-7-16(8-10-17)30-25(34)23-18-4-2-3-5-21(18)37-24(23)28-26(30)36-14-22(33)29-27-13-15-6-11-19(31)20(32)12-15/h6-13,31-32H,2-5,14H2,1H3,(H,29,33). The Labute approximate surface area is 220 Å². The van der Waals surface area contributed by atoms with E-state index in [2.05, 4.69) is 10.5 Å². The predicted molar refractivity (Wildman–Crippen MR) is 145 cm³/mol. The molecule has 0 saturated heterocycles. The molecule has 1 aliphatic carbocycles. The molecule has 0 aliphatic heterocycles. The van der Waals surface area contributed by atoms with E-state index in [4.69, 9.17) is 9.72 Å². The molecule has 1 amide bonds. The number of aryl methyl sites for hydroxylation is 2. The van der Waals surface area contributed by atoms with Gasteiger partial charge in [0.1, 0.15) is 10.6 Å². The molecule has 0 atom stereocenters. The van der Waals surface area contributed by atoms with Crippen LogP contribution in [0.5, 0.6) is 17.2 Å². The zero-order valence-electron chi connectivity index (χ0n) is 19.9. The highest BCUT2D eigenvalue weighted by atomic mass is 32.2. The van der Waals surface area contributed by atoms with Crippen LogP contribution in [0, 0.1) is 0 Å². The maximum absolute atomic E-state index is 13.8. The third kappa shape index (κ3) is 5.18. The van der Waals surface area contributed by atoms with Crippen molar-refractivity contribution in [2.75, 3.05) is 12.9 Å². The van der Waals surface area contributed by atoms with Gasteiger partial charge in [-0.1, -0.05) is 11.8 Å². The fourth-order valence-corrected chi connectivity index (χ4v) is 6.31. The molecule has 4 aromatic rings. The minimum absolute atomic E-state index is 0.0165. The SMILES string of the molecule is COc1ccc(-n2c(SCC(=O)NN=Cc3ccc(O)c(O)c3)nc3sc4c(c3c2=O)CCCC4)cc1. The van der Waals surface area contributed by atoms with E-state index < -0.39 is 0 Å². The first kappa shape index (κ1) is 24.8. The number of hydrogen-bond donors (Lipinski definition) is 3. The minimum atomic E-state index is -0.384. The molecule has 2 heterocycles. The summed E-state index contributed by atoms with van der Waals surface area (Å²) in [5.41, 5.74) is 4.56. The number of rotatable bonds is 7. The van der Waals surface area contributed by atoms with Crippen LogP contribution in [0.25, 0.3) is 15.9 Å². The van der Waals surface area contributed by atoms with Gasteiger partial charge in [0.15, 0.2) is 16.7 Å². The van der Waals surface area contributed by atoms with Crippen molar-refractivity contribution in [3.05, 3.63) is 68.8 Å². The second kappa shape index (κ2) is 10.7. The molecule has 9 nitrogen and oxygen atoms in total. The zero-order valence-corrected chi connectivity index (χ0v) is 21.6. The number of ether oxygens (including phenoxy) is 1. The lowest BCUT2D eigenvalue weighted by Gasteiger charge is -2.14. The van der Waals surface area contributed by atoms with Crippen LogP contribution in [0.2, 0.25) is 0 Å². The van der Waals surface area contributed by atoms with E-state index in [0.717, 1.165) is 43.0 Å². The topological polar surface area (TPSA) is 126 Å². The normalized spacial score (nSPS) is 13.1. The Hall–Kier alpha value is -3.83. The number of nitrogens with one attached hydrogen (secondary N) is 1. The van der Waals surface area contributed by atoms with Gasteiger partial charge in [0.25, 0.3) is 11.5 Å². The van der Waals surface area contributed by atoms with E-state index >= 15 is 0 Å². The van der Waals surface area contributed by atoms with Gasteiger partial charge in [-0.2, -0.15) is 5.10 Å². The van der Waals surface area contributed by atoms with E-state index in [1.807, 2.05) is 0 Å². The van der Waals surface area contributed by atoms with Crippen LogP contribution in [0.1, 0.15) is 28.8 Å². The summed E-state index contributed by atoms with van der Waals surface area (Å²) in [7, 11) is 1.58. The average Bonchev–Trinajstić information content (AvgIpc) is 3.28. The van der Waals surface area contributed by atoms with Crippen LogP contribution in [0.3, 0.4) is 0 Å². The summed E-state index contributed by atoms with van der Waals surface area (Å²) in [5, 5.41) is 24.0. The summed E-state index contributed by atoms with van der Waals surface area (Å²) in [6.45, 7) is 0. The molecule has 0 saturated carbocycles. The smallest absolute Gasteiger partial charge is 0.267 e. The lowest BCUT2D eigenvalue weighted by Crippen LogP contribution is -2.24. The van der Waals surface area contributed by atoms with Crippen LogP contribution in [0.15, 0.2) is 57.5 Å². The number of nitrogens with zero attached hydrogens (tertiary/aromatic N) is 3. The number of phenols is 2. The second-order valence-corrected chi connectivity index (χ2v) is 10.5. The summed E-state index contributed by atoms with van der Waals surface area (Å²) >= 11 is 2.72. The molecule has 3 N–H and O–H groups in total. The first-order valence-corrected chi connectivity index (χ1v) is 13.4. The van der Waals surface area contributed by atoms with Gasteiger partial charge in [0.05, 0.1) is 30.2 Å². The number of hydrazone groups is 1. The Morgan fingerprint density at radius 1 is 1.19 bits per heavy atom. The van der Waals surface area contributed by atoms with Crippen molar-refractivity contribution in [2.24, 2.45) is 5.10 Å². The third-order valence-electron chi connectivity index (χ3n) is 6.02. The number of thioether (sulfide) groups is 1. The molecule has 37 heavy (non-hydrogen) atoms. The Balaban J connectivity index is 1.42.